The number of amides is 3. The summed E-state index contributed by atoms with van der Waals surface area (Å²) in [6.45, 7) is 12.6. The molecule has 0 saturated heterocycles. The number of anilines is 1. The molecule has 1 aromatic heterocycles. The monoisotopic (exact) mass is 621 g/mol. The summed E-state index contributed by atoms with van der Waals surface area (Å²) in [5.74, 6) is -0.900. The third-order valence-electron chi connectivity index (χ3n) is 7.37. The average molecular weight is 622 g/mol. The van der Waals surface area contributed by atoms with E-state index in [4.69, 9.17) is 14.5 Å². The number of methoxy groups -OCH3 is 2. The van der Waals surface area contributed by atoms with Crippen molar-refractivity contribution in [1.29, 1.82) is 5.26 Å². The minimum absolute atomic E-state index is 0.119. The summed E-state index contributed by atoms with van der Waals surface area (Å²) in [7, 11) is 4.51. The van der Waals surface area contributed by atoms with E-state index >= 15 is 0 Å². The maximum absolute atomic E-state index is 14.0. The molecule has 1 aromatic carbocycles. The standard InChI is InChI=1S/C33H43N5O5S/c1-10-12-17-37(18-13-11-2)32-35-28(27-24(42-8)15-14-16-25(27)43-9)26(44-32)19-22-21(3)23(20-34)30(40)38(29(22)39)36(7)31(41)33(4,5)6/h14-16,19H,10-13,17-18H2,1-9H3/b22-19-. The van der Waals surface area contributed by atoms with E-state index in [1.165, 1.54) is 18.4 Å². The fourth-order valence-corrected chi connectivity index (χ4v) is 5.93. The van der Waals surface area contributed by atoms with Gasteiger partial charge in [0.05, 0.1) is 30.4 Å². The zero-order valence-corrected chi connectivity index (χ0v) is 28.1. The number of carbonyl (C=O) groups is 3. The van der Waals surface area contributed by atoms with E-state index in [1.54, 1.807) is 48.0 Å². The lowest BCUT2D eigenvalue weighted by Gasteiger charge is -2.36. The van der Waals surface area contributed by atoms with Crippen molar-refractivity contribution in [3.63, 3.8) is 0 Å². The van der Waals surface area contributed by atoms with Gasteiger partial charge in [-0.1, -0.05) is 64.9 Å². The molecule has 1 aliphatic rings. The van der Waals surface area contributed by atoms with Crippen LogP contribution in [0.15, 0.2) is 34.9 Å². The molecule has 0 aliphatic carbocycles. The second-order valence-corrected chi connectivity index (χ2v) is 12.6. The molecule has 0 spiro atoms. The lowest BCUT2D eigenvalue weighted by Crippen LogP contribution is -2.56. The molecule has 0 saturated carbocycles. The molecule has 2 aromatic rings. The third kappa shape index (κ3) is 6.97. The number of ether oxygens (including phenoxy) is 2. The molecule has 3 amide bonds. The Hall–Kier alpha value is -4.17. The molecule has 1 aliphatic heterocycles. The van der Waals surface area contributed by atoms with Crippen LogP contribution < -0.4 is 14.4 Å². The molecule has 0 N–H and O–H groups in total. The molecule has 2 heterocycles. The Morgan fingerprint density at radius 2 is 1.64 bits per heavy atom. The number of rotatable bonds is 12. The highest BCUT2D eigenvalue weighted by atomic mass is 32.1. The molecule has 0 fully saturated rings. The van der Waals surface area contributed by atoms with Crippen LogP contribution in [0.3, 0.4) is 0 Å². The Labute approximate surface area is 264 Å². The van der Waals surface area contributed by atoms with Crippen LogP contribution in [0.2, 0.25) is 0 Å². The molecular formula is C33H43N5O5S. The molecule has 10 nitrogen and oxygen atoms in total. The van der Waals surface area contributed by atoms with Crippen LogP contribution in [-0.2, 0) is 14.4 Å². The summed E-state index contributed by atoms with van der Waals surface area (Å²) >= 11 is 1.41. The Bertz CT molecular complexity index is 1480. The molecule has 0 unspecified atom stereocenters. The zero-order chi connectivity index (χ0) is 32.8. The van der Waals surface area contributed by atoms with Crippen molar-refractivity contribution in [1.82, 2.24) is 15.0 Å². The summed E-state index contributed by atoms with van der Waals surface area (Å²) in [5, 5.41) is 12.5. The van der Waals surface area contributed by atoms with E-state index < -0.39 is 23.1 Å². The van der Waals surface area contributed by atoms with E-state index in [2.05, 4.69) is 18.7 Å². The minimum Gasteiger partial charge on any atom is -0.496 e. The summed E-state index contributed by atoms with van der Waals surface area (Å²) in [6.07, 6.45) is 5.69. The van der Waals surface area contributed by atoms with E-state index in [-0.39, 0.29) is 16.7 Å². The van der Waals surface area contributed by atoms with Crippen LogP contribution in [-0.4, -0.2) is 67.1 Å². The highest BCUT2D eigenvalue weighted by Crippen LogP contribution is 2.44. The van der Waals surface area contributed by atoms with Gasteiger partial charge in [0, 0.05) is 31.1 Å². The van der Waals surface area contributed by atoms with Gasteiger partial charge in [-0.05, 0) is 43.5 Å². The lowest BCUT2D eigenvalue weighted by atomic mass is 9.93. The van der Waals surface area contributed by atoms with Gasteiger partial charge in [-0.2, -0.15) is 10.3 Å². The number of benzene rings is 1. The predicted octanol–water partition coefficient (Wildman–Crippen LogP) is 6.25. The highest BCUT2D eigenvalue weighted by Gasteiger charge is 2.42. The van der Waals surface area contributed by atoms with Gasteiger partial charge in [0.25, 0.3) is 11.8 Å². The van der Waals surface area contributed by atoms with Crippen molar-refractivity contribution < 1.29 is 23.9 Å². The molecule has 0 bridgehead atoms. The first-order chi connectivity index (χ1) is 20.9. The van der Waals surface area contributed by atoms with Crippen LogP contribution in [0.5, 0.6) is 11.5 Å². The van der Waals surface area contributed by atoms with E-state index in [0.717, 1.165) is 53.9 Å². The van der Waals surface area contributed by atoms with Crippen LogP contribution in [0.4, 0.5) is 5.13 Å². The van der Waals surface area contributed by atoms with Crippen LogP contribution in [0.25, 0.3) is 17.3 Å². The highest BCUT2D eigenvalue weighted by molar-refractivity contribution is 7.17. The number of hydrogen-bond acceptors (Lipinski definition) is 9. The second-order valence-electron chi connectivity index (χ2n) is 11.6. The normalized spacial score (nSPS) is 14.6. The predicted molar refractivity (Wildman–Crippen MR) is 173 cm³/mol. The number of thiazole rings is 1. The first-order valence-corrected chi connectivity index (χ1v) is 15.6. The third-order valence-corrected chi connectivity index (χ3v) is 8.43. The van der Waals surface area contributed by atoms with E-state index in [0.29, 0.717) is 27.6 Å². The molecule has 236 valence electrons. The second kappa shape index (κ2) is 14.5. The topological polar surface area (TPSA) is 116 Å². The molecule has 0 atom stereocenters. The summed E-state index contributed by atoms with van der Waals surface area (Å²) < 4.78 is 11.4. The van der Waals surface area contributed by atoms with Crippen LogP contribution >= 0.6 is 11.3 Å². The molecule has 44 heavy (non-hydrogen) atoms. The number of nitrogens with zero attached hydrogens (tertiary/aromatic N) is 5. The summed E-state index contributed by atoms with van der Waals surface area (Å²) in [6, 6.07) is 7.41. The van der Waals surface area contributed by atoms with Gasteiger partial charge >= 0.3 is 0 Å². The molecular weight excluding hydrogens is 578 g/mol. The number of unbranched alkanes of at least 4 members (excludes halogenated alkanes) is 2. The van der Waals surface area contributed by atoms with Crippen molar-refractivity contribution in [2.24, 2.45) is 5.41 Å². The summed E-state index contributed by atoms with van der Waals surface area (Å²) in [4.78, 5) is 48.5. The fourth-order valence-electron chi connectivity index (χ4n) is 4.87. The number of imide groups is 1. The number of hydrogen-bond donors (Lipinski definition) is 0. The quantitative estimate of drug-likeness (QED) is 0.202. The smallest absolute Gasteiger partial charge is 0.290 e. The molecule has 11 heteroatoms. The van der Waals surface area contributed by atoms with E-state index in [1.807, 2.05) is 24.3 Å². The fraction of sp³-hybridized carbons (Fsp3) is 0.485. The van der Waals surface area contributed by atoms with Gasteiger partial charge in [0.2, 0.25) is 5.91 Å². The van der Waals surface area contributed by atoms with Gasteiger partial charge < -0.3 is 14.4 Å². The Balaban J connectivity index is 2.33. The maximum Gasteiger partial charge on any atom is 0.290 e. The Kier molecular flexibility index (Phi) is 11.3. The number of carbonyl (C=O) groups excluding carboxylic acids is 3. The van der Waals surface area contributed by atoms with Crippen molar-refractivity contribution in [2.75, 3.05) is 39.3 Å². The minimum atomic E-state index is -0.872. The largest absolute Gasteiger partial charge is 0.496 e. The average Bonchev–Trinajstić information content (AvgIpc) is 3.41. The van der Waals surface area contributed by atoms with Crippen LogP contribution in [0, 0.1) is 16.7 Å². The first-order valence-electron chi connectivity index (χ1n) is 14.8. The van der Waals surface area contributed by atoms with Crippen molar-refractivity contribution >= 4 is 40.3 Å². The van der Waals surface area contributed by atoms with Crippen molar-refractivity contribution in [3.8, 4) is 28.8 Å². The van der Waals surface area contributed by atoms with Crippen molar-refractivity contribution in [2.45, 2.75) is 67.2 Å². The number of nitriles is 1. The van der Waals surface area contributed by atoms with Gasteiger partial charge in [-0.15, -0.1) is 0 Å². The molecule has 0 radical (unpaired) electrons. The Morgan fingerprint density at radius 3 is 2.11 bits per heavy atom. The van der Waals surface area contributed by atoms with Gasteiger partial charge in [-0.3, -0.25) is 14.4 Å². The van der Waals surface area contributed by atoms with Gasteiger partial charge in [0.15, 0.2) is 5.13 Å². The zero-order valence-electron chi connectivity index (χ0n) is 27.2. The maximum atomic E-state index is 14.0. The number of aromatic nitrogens is 1. The summed E-state index contributed by atoms with van der Waals surface area (Å²) in [5.41, 5.74) is 0.439. The first kappa shape index (κ1) is 34.3. The van der Waals surface area contributed by atoms with Crippen molar-refractivity contribution in [3.05, 3.63) is 39.8 Å². The number of hydrazine groups is 1. The van der Waals surface area contributed by atoms with Crippen LogP contribution in [0.1, 0.15) is 72.1 Å². The van der Waals surface area contributed by atoms with Gasteiger partial charge in [-0.25, -0.2) is 9.99 Å². The lowest BCUT2D eigenvalue weighted by molar-refractivity contribution is -0.171. The Morgan fingerprint density at radius 1 is 1.07 bits per heavy atom. The van der Waals surface area contributed by atoms with E-state index in [9.17, 15) is 19.6 Å². The molecule has 3 rings (SSSR count). The van der Waals surface area contributed by atoms with Gasteiger partial charge in [0.1, 0.15) is 23.1 Å². The SMILES string of the molecule is CCCCN(CCCC)c1nc(-c2c(OC)cccc2OC)c(/C=C2\C(=O)N(N(C)C(=O)C(C)(C)C)C(=O)C(C#N)=C2C)s1.